The van der Waals surface area contributed by atoms with E-state index in [1.165, 1.54) is 4.90 Å². The predicted octanol–water partition coefficient (Wildman–Crippen LogP) is 1.64. The second-order valence-corrected chi connectivity index (χ2v) is 6.28. The standard InChI is InChI=1S/C13H11FN2O3S/c14-20(18,19)10-7-12(17)16(8-10)13-11-4-2-1-3-9(11)5-6-15-13/h1-6,10H,7-8H2. The molecule has 1 aromatic carbocycles. The highest BCUT2D eigenvalue weighted by molar-refractivity contribution is 7.87. The molecule has 1 saturated heterocycles. The molecule has 0 saturated carbocycles. The molecule has 1 aliphatic heterocycles. The summed E-state index contributed by atoms with van der Waals surface area (Å²) in [6, 6.07) is 9.11. The van der Waals surface area contributed by atoms with Crippen molar-refractivity contribution in [1.29, 1.82) is 0 Å². The SMILES string of the molecule is O=C1CC(S(=O)(=O)F)CN1c1nccc2ccccc12. The van der Waals surface area contributed by atoms with E-state index in [1.807, 2.05) is 12.1 Å². The Morgan fingerprint density at radius 3 is 2.70 bits per heavy atom. The Kier molecular flexibility index (Phi) is 2.93. The monoisotopic (exact) mass is 294 g/mol. The normalized spacial score (nSPS) is 19.8. The van der Waals surface area contributed by atoms with Gasteiger partial charge in [-0.2, -0.15) is 8.42 Å². The Balaban J connectivity index is 2.06. The first kappa shape index (κ1) is 13.0. The number of benzene rings is 1. The van der Waals surface area contributed by atoms with Crippen molar-refractivity contribution in [3.63, 3.8) is 0 Å². The molecule has 1 amide bonds. The van der Waals surface area contributed by atoms with E-state index >= 15 is 0 Å². The lowest BCUT2D eigenvalue weighted by atomic mass is 10.1. The quantitative estimate of drug-likeness (QED) is 0.790. The predicted molar refractivity (Wildman–Crippen MR) is 72.5 cm³/mol. The van der Waals surface area contributed by atoms with Crippen LogP contribution in [0.4, 0.5) is 9.70 Å². The van der Waals surface area contributed by atoms with Gasteiger partial charge < -0.3 is 0 Å². The fourth-order valence-corrected chi connectivity index (χ4v) is 3.06. The maximum absolute atomic E-state index is 13.0. The van der Waals surface area contributed by atoms with Gasteiger partial charge in [-0.25, -0.2) is 4.98 Å². The molecule has 1 unspecified atom stereocenters. The van der Waals surface area contributed by atoms with E-state index in [0.29, 0.717) is 5.82 Å². The Bertz CT molecular complexity index is 786. The van der Waals surface area contributed by atoms with Crippen LogP contribution in [0.3, 0.4) is 0 Å². The molecule has 1 aromatic heterocycles. The molecule has 2 aromatic rings. The van der Waals surface area contributed by atoms with Crippen LogP contribution in [0.5, 0.6) is 0 Å². The van der Waals surface area contributed by atoms with Crippen LogP contribution in [-0.4, -0.2) is 31.1 Å². The summed E-state index contributed by atoms with van der Waals surface area (Å²) >= 11 is 0. The van der Waals surface area contributed by atoms with Crippen LogP contribution in [0, 0.1) is 0 Å². The summed E-state index contributed by atoms with van der Waals surface area (Å²) in [7, 11) is -4.72. The third-order valence-electron chi connectivity index (χ3n) is 3.40. The Labute approximate surface area is 115 Å². The lowest BCUT2D eigenvalue weighted by molar-refractivity contribution is -0.117. The van der Waals surface area contributed by atoms with E-state index in [1.54, 1.807) is 24.4 Å². The molecule has 1 aliphatic rings. The number of aromatic nitrogens is 1. The van der Waals surface area contributed by atoms with Crippen LogP contribution in [-0.2, 0) is 15.0 Å². The van der Waals surface area contributed by atoms with Crippen molar-refractivity contribution >= 4 is 32.7 Å². The zero-order valence-corrected chi connectivity index (χ0v) is 11.2. The number of pyridine rings is 1. The van der Waals surface area contributed by atoms with Crippen LogP contribution < -0.4 is 4.90 Å². The summed E-state index contributed by atoms with van der Waals surface area (Å²) in [5.74, 6) is -0.0562. The van der Waals surface area contributed by atoms with Crippen molar-refractivity contribution in [2.75, 3.05) is 11.4 Å². The summed E-state index contributed by atoms with van der Waals surface area (Å²) < 4.78 is 35.0. The van der Waals surface area contributed by atoms with Crippen molar-refractivity contribution in [1.82, 2.24) is 4.98 Å². The van der Waals surface area contributed by atoms with Gasteiger partial charge in [0.1, 0.15) is 11.1 Å². The van der Waals surface area contributed by atoms with Crippen LogP contribution in [0.15, 0.2) is 36.5 Å². The third kappa shape index (κ3) is 2.14. The van der Waals surface area contributed by atoms with E-state index in [-0.39, 0.29) is 13.0 Å². The van der Waals surface area contributed by atoms with E-state index < -0.39 is 21.4 Å². The summed E-state index contributed by atoms with van der Waals surface area (Å²) in [6.07, 6.45) is 1.20. The second-order valence-electron chi connectivity index (χ2n) is 4.66. The molecular weight excluding hydrogens is 283 g/mol. The first-order valence-corrected chi connectivity index (χ1v) is 7.49. The summed E-state index contributed by atoms with van der Waals surface area (Å²) in [5.41, 5.74) is 0. The number of anilines is 1. The largest absolute Gasteiger partial charge is 0.307 e. The van der Waals surface area contributed by atoms with E-state index in [0.717, 1.165) is 10.8 Å². The minimum Gasteiger partial charge on any atom is -0.295 e. The average molecular weight is 294 g/mol. The van der Waals surface area contributed by atoms with Crippen molar-refractivity contribution < 1.29 is 17.1 Å². The highest BCUT2D eigenvalue weighted by Gasteiger charge is 2.39. The molecule has 1 fully saturated rings. The third-order valence-corrected chi connectivity index (χ3v) is 4.51. The number of halogens is 1. The molecule has 0 bridgehead atoms. The van der Waals surface area contributed by atoms with Gasteiger partial charge in [-0.3, -0.25) is 9.69 Å². The molecule has 7 heteroatoms. The average Bonchev–Trinajstić information content (AvgIpc) is 2.80. The fraction of sp³-hybridized carbons (Fsp3) is 0.231. The number of hydrogen-bond acceptors (Lipinski definition) is 4. The maximum atomic E-state index is 13.0. The minimum atomic E-state index is -4.72. The molecule has 0 N–H and O–H groups in total. The highest BCUT2D eigenvalue weighted by Crippen LogP contribution is 2.29. The van der Waals surface area contributed by atoms with Gasteiger partial charge in [0.25, 0.3) is 0 Å². The number of fused-ring (bicyclic) bond motifs is 1. The molecule has 2 heterocycles. The first-order valence-electron chi connectivity index (χ1n) is 6.04. The van der Waals surface area contributed by atoms with E-state index in [9.17, 15) is 17.1 Å². The van der Waals surface area contributed by atoms with Gasteiger partial charge in [0.2, 0.25) is 5.91 Å². The first-order chi connectivity index (χ1) is 9.47. The Morgan fingerprint density at radius 2 is 2.00 bits per heavy atom. The van der Waals surface area contributed by atoms with Crippen molar-refractivity contribution in [3.05, 3.63) is 36.5 Å². The number of carbonyl (C=O) groups excluding carboxylic acids is 1. The fourth-order valence-electron chi connectivity index (χ4n) is 2.39. The molecular formula is C13H11FN2O3S. The zero-order chi connectivity index (χ0) is 14.3. The lowest BCUT2D eigenvalue weighted by Crippen LogP contribution is -2.27. The number of rotatable bonds is 2. The van der Waals surface area contributed by atoms with Crippen LogP contribution in [0.1, 0.15) is 6.42 Å². The van der Waals surface area contributed by atoms with Gasteiger partial charge in [-0.15, -0.1) is 3.89 Å². The molecule has 0 radical (unpaired) electrons. The van der Waals surface area contributed by atoms with Gasteiger partial charge in [0.05, 0.1) is 0 Å². The molecule has 5 nitrogen and oxygen atoms in total. The van der Waals surface area contributed by atoms with E-state index in [4.69, 9.17) is 0 Å². The topological polar surface area (TPSA) is 67.3 Å². The van der Waals surface area contributed by atoms with Crippen LogP contribution in [0.2, 0.25) is 0 Å². The van der Waals surface area contributed by atoms with Crippen molar-refractivity contribution in [2.24, 2.45) is 0 Å². The number of hydrogen-bond donors (Lipinski definition) is 0. The molecule has 20 heavy (non-hydrogen) atoms. The number of carbonyl (C=O) groups is 1. The maximum Gasteiger partial charge on any atom is 0.307 e. The van der Waals surface area contributed by atoms with Gasteiger partial charge >= 0.3 is 10.2 Å². The summed E-state index contributed by atoms with van der Waals surface area (Å²) in [6.45, 7) is -0.196. The van der Waals surface area contributed by atoms with Gasteiger partial charge in [0, 0.05) is 24.5 Å². The minimum absolute atomic E-state index is 0.196. The van der Waals surface area contributed by atoms with Crippen LogP contribution in [0.25, 0.3) is 10.8 Å². The molecule has 0 aliphatic carbocycles. The van der Waals surface area contributed by atoms with Crippen LogP contribution >= 0.6 is 0 Å². The van der Waals surface area contributed by atoms with Crippen molar-refractivity contribution in [2.45, 2.75) is 11.7 Å². The molecule has 3 rings (SSSR count). The Morgan fingerprint density at radius 1 is 1.25 bits per heavy atom. The molecule has 104 valence electrons. The molecule has 0 spiro atoms. The Hall–Kier alpha value is -2.02. The zero-order valence-electron chi connectivity index (χ0n) is 10.4. The van der Waals surface area contributed by atoms with Gasteiger partial charge in [-0.1, -0.05) is 24.3 Å². The summed E-state index contributed by atoms with van der Waals surface area (Å²) in [5, 5.41) is 0.313. The lowest BCUT2D eigenvalue weighted by Gasteiger charge is -2.16. The highest BCUT2D eigenvalue weighted by atomic mass is 32.3. The smallest absolute Gasteiger partial charge is 0.295 e. The van der Waals surface area contributed by atoms with Gasteiger partial charge in [-0.05, 0) is 11.5 Å². The van der Waals surface area contributed by atoms with E-state index in [2.05, 4.69) is 4.98 Å². The molecule has 1 atom stereocenters. The van der Waals surface area contributed by atoms with Crippen molar-refractivity contribution in [3.8, 4) is 0 Å². The van der Waals surface area contributed by atoms with Gasteiger partial charge in [0.15, 0.2) is 0 Å². The second kappa shape index (κ2) is 4.52. The number of amides is 1. The number of nitrogens with zero attached hydrogens (tertiary/aromatic N) is 2. The summed E-state index contributed by atoms with van der Waals surface area (Å²) in [4.78, 5) is 17.3.